The molecule has 5 rings (SSSR count). The van der Waals surface area contributed by atoms with Crippen molar-refractivity contribution >= 4 is 52.2 Å². The van der Waals surface area contributed by atoms with Crippen LogP contribution in [0.4, 0.5) is 11.4 Å². The summed E-state index contributed by atoms with van der Waals surface area (Å²) in [4.78, 5) is 21.3. The number of piperidine rings is 1. The van der Waals surface area contributed by atoms with Crippen molar-refractivity contribution in [1.29, 1.82) is 0 Å². The van der Waals surface area contributed by atoms with E-state index >= 15 is 0 Å². The van der Waals surface area contributed by atoms with Gasteiger partial charge >= 0.3 is 0 Å². The van der Waals surface area contributed by atoms with Gasteiger partial charge in [-0.1, -0.05) is 35.9 Å². The van der Waals surface area contributed by atoms with Gasteiger partial charge in [0.25, 0.3) is 5.91 Å². The smallest absolute Gasteiger partial charge is 0.253 e. The molecule has 1 saturated heterocycles. The third kappa shape index (κ3) is 7.98. The molecule has 0 unspecified atom stereocenters. The predicted molar refractivity (Wildman–Crippen MR) is 173 cm³/mol. The van der Waals surface area contributed by atoms with Crippen LogP contribution in [0.1, 0.15) is 48.2 Å². The van der Waals surface area contributed by atoms with Gasteiger partial charge < -0.3 is 15.5 Å². The molecule has 0 bridgehead atoms. The normalized spacial score (nSPS) is 14.0. The molecule has 4 aromatic rings. The zero-order valence-electron chi connectivity index (χ0n) is 23.8. The summed E-state index contributed by atoms with van der Waals surface area (Å²) in [5.41, 5.74) is 6.26. The molecule has 41 heavy (non-hydrogen) atoms. The average Bonchev–Trinajstić information content (AvgIpc) is 2.98. The van der Waals surface area contributed by atoms with E-state index in [9.17, 15) is 4.79 Å². The van der Waals surface area contributed by atoms with Crippen molar-refractivity contribution in [2.75, 3.05) is 31.5 Å². The number of benzene rings is 3. The number of carbonyl (C=O) groups is 1. The Bertz CT molecular complexity index is 1420. The molecule has 1 aliphatic rings. The number of nitrogens with zero attached hydrogens (tertiary/aromatic N) is 3. The molecule has 0 saturated carbocycles. The quantitative estimate of drug-likeness (QED) is 0.203. The van der Waals surface area contributed by atoms with Gasteiger partial charge in [0.15, 0.2) is 0 Å². The maximum Gasteiger partial charge on any atom is 0.253 e. The first-order valence-electron chi connectivity index (χ1n) is 14.3. The van der Waals surface area contributed by atoms with Crippen LogP contribution in [0.15, 0.2) is 79.0 Å². The summed E-state index contributed by atoms with van der Waals surface area (Å²) in [5, 5.41) is 9.00. The third-order valence-electron chi connectivity index (χ3n) is 7.78. The molecule has 0 spiro atoms. The van der Waals surface area contributed by atoms with Crippen molar-refractivity contribution in [1.82, 2.24) is 20.1 Å². The number of fused-ring (bicyclic) bond motifs is 1. The largest absolute Gasteiger partial charge is 0.355 e. The van der Waals surface area contributed by atoms with Gasteiger partial charge in [-0.15, -0.1) is 12.4 Å². The van der Waals surface area contributed by atoms with E-state index in [1.807, 2.05) is 55.1 Å². The van der Waals surface area contributed by atoms with Gasteiger partial charge in [0.1, 0.15) is 0 Å². The second-order valence-corrected chi connectivity index (χ2v) is 10.9. The fraction of sp³-hybridized carbons (Fsp3) is 0.333. The van der Waals surface area contributed by atoms with Gasteiger partial charge in [-0.3, -0.25) is 14.7 Å². The Balaban J connectivity index is 0.00000387. The highest BCUT2D eigenvalue weighted by molar-refractivity contribution is 6.31. The van der Waals surface area contributed by atoms with Crippen LogP contribution in [-0.2, 0) is 13.1 Å². The van der Waals surface area contributed by atoms with Crippen LogP contribution in [0, 0.1) is 0 Å². The topological polar surface area (TPSA) is 60.5 Å². The molecule has 0 radical (unpaired) electrons. The highest BCUT2D eigenvalue weighted by Crippen LogP contribution is 2.27. The second kappa shape index (κ2) is 14.6. The molecule has 1 aliphatic heterocycles. The van der Waals surface area contributed by atoms with E-state index in [4.69, 9.17) is 11.6 Å². The van der Waals surface area contributed by atoms with Crippen molar-refractivity contribution in [2.45, 2.75) is 45.8 Å². The lowest BCUT2D eigenvalue weighted by Crippen LogP contribution is -2.41. The van der Waals surface area contributed by atoms with Crippen molar-refractivity contribution < 1.29 is 4.79 Å². The first kappa shape index (κ1) is 30.8. The number of halogens is 2. The molecule has 6 nitrogen and oxygen atoms in total. The van der Waals surface area contributed by atoms with Crippen molar-refractivity contribution in [2.24, 2.45) is 0 Å². The molecule has 2 N–H and O–H groups in total. The van der Waals surface area contributed by atoms with Crippen LogP contribution < -0.4 is 10.6 Å². The molecule has 2 heterocycles. The van der Waals surface area contributed by atoms with E-state index in [-0.39, 0.29) is 18.3 Å². The van der Waals surface area contributed by atoms with E-state index in [0.717, 1.165) is 80.0 Å². The summed E-state index contributed by atoms with van der Waals surface area (Å²) in [6.45, 7) is 9.46. The maximum absolute atomic E-state index is 12.6. The van der Waals surface area contributed by atoms with Crippen molar-refractivity contribution in [3.05, 3.63) is 101 Å². The van der Waals surface area contributed by atoms with E-state index in [1.165, 1.54) is 11.1 Å². The monoisotopic (exact) mass is 591 g/mol. The minimum atomic E-state index is 0. The molecule has 0 atom stereocenters. The molecule has 1 fully saturated rings. The minimum Gasteiger partial charge on any atom is -0.355 e. The highest BCUT2D eigenvalue weighted by atomic mass is 35.5. The number of amides is 1. The zero-order chi connectivity index (χ0) is 27.9. The molecule has 1 aromatic heterocycles. The molecular weight excluding hydrogens is 553 g/mol. The number of hydrogen-bond donors (Lipinski definition) is 2. The fourth-order valence-corrected chi connectivity index (χ4v) is 5.52. The number of rotatable bonds is 10. The summed E-state index contributed by atoms with van der Waals surface area (Å²) >= 11 is 6.12. The number of carbonyl (C=O) groups excluding carboxylic acids is 1. The molecule has 1 amide bonds. The van der Waals surface area contributed by atoms with Crippen LogP contribution in [0.2, 0.25) is 5.02 Å². The molecule has 0 aliphatic carbocycles. The van der Waals surface area contributed by atoms with Crippen LogP contribution in [-0.4, -0.2) is 52.9 Å². The van der Waals surface area contributed by atoms with Gasteiger partial charge in [-0.25, -0.2) is 0 Å². The lowest BCUT2D eigenvalue weighted by atomic mass is 10.0. The van der Waals surface area contributed by atoms with E-state index in [1.54, 1.807) is 6.20 Å². The van der Waals surface area contributed by atoms with Crippen LogP contribution in [0.25, 0.3) is 10.9 Å². The summed E-state index contributed by atoms with van der Waals surface area (Å²) in [6, 6.07) is 25.1. The number of hydrogen-bond acceptors (Lipinski definition) is 5. The molecular formula is C33H39Cl2N5O. The van der Waals surface area contributed by atoms with E-state index < -0.39 is 0 Å². The highest BCUT2D eigenvalue weighted by Gasteiger charge is 2.19. The van der Waals surface area contributed by atoms with Gasteiger partial charge in [0.05, 0.1) is 5.52 Å². The maximum atomic E-state index is 12.6. The number of anilines is 2. The summed E-state index contributed by atoms with van der Waals surface area (Å²) in [7, 11) is 0. The summed E-state index contributed by atoms with van der Waals surface area (Å²) in [6.07, 6.45) is 4.07. The molecule has 3 aromatic carbocycles. The third-order valence-corrected chi connectivity index (χ3v) is 8.01. The number of aromatic nitrogens is 1. The summed E-state index contributed by atoms with van der Waals surface area (Å²) < 4.78 is 0. The Kier molecular flexibility index (Phi) is 11.0. The van der Waals surface area contributed by atoms with Crippen molar-refractivity contribution in [3.63, 3.8) is 0 Å². The molecule has 216 valence electrons. The number of likely N-dealkylation sites (tertiary alicyclic amines) is 1. The minimum absolute atomic E-state index is 0. The second-order valence-electron chi connectivity index (χ2n) is 10.4. The van der Waals surface area contributed by atoms with Crippen LogP contribution >= 0.6 is 24.0 Å². The van der Waals surface area contributed by atoms with E-state index in [2.05, 4.69) is 56.9 Å². The predicted octanol–water partition coefficient (Wildman–Crippen LogP) is 7.29. The van der Waals surface area contributed by atoms with Gasteiger partial charge in [0, 0.05) is 65.8 Å². The number of pyridine rings is 1. The Morgan fingerprint density at radius 2 is 1.63 bits per heavy atom. The Morgan fingerprint density at radius 1 is 0.951 bits per heavy atom. The van der Waals surface area contributed by atoms with Crippen molar-refractivity contribution in [3.8, 4) is 0 Å². The zero-order valence-corrected chi connectivity index (χ0v) is 25.3. The van der Waals surface area contributed by atoms with Gasteiger partial charge in [-0.2, -0.15) is 0 Å². The first-order valence-corrected chi connectivity index (χ1v) is 14.6. The lowest BCUT2D eigenvalue weighted by molar-refractivity contribution is 0.0773. The lowest BCUT2D eigenvalue weighted by Gasteiger charge is -2.32. The van der Waals surface area contributed by atoms with E-state index in [0.29, 0.717) is 11.1 Å². The standard InChI is InChI=1S/C33H38ClN5O.ClH/c1-3-39(4-2)33(40)26-9-5-25(6-10-26)23-38-19-16-28(17-20-38)36-22-24-7-12-29(13-8-24)37-31-15-18-35-32-21-27(34)11-14-30(31)32;/h5-15,18,21,28,36H,3-4,16-17,19-20,22-23H2,1-2H3,(H,35,37);1H. The number of nitrogens with one attached hydrogen (secondary N) is 2. The first-order chi connectivity index (χ1) is 19.5. The Morgan fingerprint density at radius 3 is 2.32 bits per heavy atom. The summed E-state index contributed by atoms with van der Waals surface area (Å²) in [5.74, 6) is 0.113. The Labute approximate surface area is 254 Å². The Hall–Kier alpha value is -3.16. The fourth-order valence-electron chi connectivity index (χ4n) is 5.35. The van der Waals surface area contributed by atoms with Gasteiger partial charge in [0.2, 0.25) is 0 Å². The SMILES string of the molecule is CCN(CC)C(=O)c1ccc(CN2CCC(NCc3ccc(Nc4ccnc5cc(Cl)ccc45)cc3)CC2)cc1.Cl. The van der Waals surface area contributed by atoms with Gasteiger partial charge in [-0.05, 0) is 99.4 Å². The molecule has 8 heteroatoms. The van der Waals surface area contributed by atoms with Crippen LogP contribution in [0.5, 0.6) is 0 Å². The van der Waals surface area contributed by atoms with Crippen LogP contribution in [0.3, 0.4) is 0 Å². The average molecular weight is 593 g/mol.